The van der Waals surface area contributed by atoms with Crippen molar-refractivity contribution in [1.82, 2.24) is 0 Å². The summed E-state index contributed by atoms with van der Waals surface area (Å²) in [7, 11) is 0. The lowest BCUT2D eigenvalue weighted by molar-refractivity contribution is -0.115. The zero-order valence-electron chi connectivity index (χ0n) is 15.5. The summed E-state index contributed by atoms with van der Waals surface area (Å²) in [6.45, 7) is 0.494. The van der Waals surface area contributed by atoms with Crippen LogP contribution in [0.25, 0.3) is 10.8 Å². The predicted molar refractivity (Wildman–Crippen MR) is 113 cm³/mol. The fourth-order valence-corrected chi connectivity index (χ4v) is 3.23. The van der Waals surface area contributed by atoms with Gasteiger partial charge in [0.25, 0.3) is 0 Å². The number of carbonyl (C=O) groups is 1. The molecule has 0 saturated carbocycles. The predicted octanol–water partition coefficient (Wildman–Crippen LogP) is 5.60. The zero-order valence-corrected chi connectivity index (χ0v) is 15.5. The number of anilines is 1. The number of benzene rings is 4. The molecule has 1 amide bonds. The number of ether oxygens (including phenoxy) is 1. The largest absolute Gasteiger partial charge is 0.489 e. The molecule has 0 spiro atoms. The van der Waals surface area contributed by atoms with E-state index in [0.717, 1.165) is 33.3 Å². The normalized spacial score (nSPS) is 10.6. The van der Waals surface area contributed by atoms with Crippen LogP contribution >= 0.6 is 0 Å². The van der Waals surface area contributed by atoms with Gasteiger partial charge in [0, 0.05) is 11.8 Å². The highest BCUT2D eigenvalue weighted by Crippen LogP contribution is 2.21. The number of amides is 1. The molecular formula is C25H21NO2. The van der Waals surface area contributed by atoms with Crippen molar-refractivity contribution in [2.75, 3.05) is 5.32 Å². The summed E-state index contributed by atoms with van der Waals surface area (Å²) in [5.41, 5.74) is 2.86. The van der Waals surface area contributed by atoms with Gasteiger partial charge in [-0.1, -0.05) is 78.9 Å². The highest BCUT2D eigenvalue weighted by molar-refractivity contribution is 5.96. The summed E-state index contributed by atoms with van der Waals surface area (Å²) in [6.07, 6.45) is 0.330. The summed E-state index contributed by atoms with van der Waals surface area (Å²) in [5, 5.41) is 5.23. The second kappa shape index (κ2) is 8.40. The highest BCUT2D eigenvalue weighted by atomic mass is 16.5. The summed E-state index contributed by atoms with van der Waals surface area (Å²) in [6, 6.07) is 31.7. The Bertz CT molecular complexity index is 1080. The van der Waals surface area contributed by atoms with E-state index in [2.05, 4.69) is 23.5 Å². The molecule has 0 heterocycles. The number of carbonyl (C=O) groups excluding carboxylic acids is 1. The van der Waals surface area contributed by atoms with Gasteiger partial charge >= 0.3 is 0 Å². The fraction of sp³-hybridized carbons (Fsp3) is 0.0800. The van der Waals surface area contributed by atoms with Crippen LogP contribution in [0.15, 0.2) is 97.1 Å². The van der Waals surface area contributed by atoms with Gasteiger partial charge in [0.1, 0.15) is 12.4 Å². The Morgan fingerprint density at radius 3 is 2.43 bits per heavy atom. The summed E-state index contributed by atoms with van der Waals surface area (Å²) in [5.74, 6) is 0.684. The molecule has 138 valence electrons. The minimum Gasteiger partial charge on any atom is -0.489 e. The van der Waals surface area contributed by atoms with Crippen LogP contribution in [-0.2, 0) is 17.8 Å². The lowest BCUT2D eigenvalue weighted by Crippen LogP contribution is -2.14. The minimum atomic E-state index is -0.0448. The van der Waals surface area contributed by atoms with Crippen molar-refractivity contribution in [3.63, 3.8) is 0 Å². The Labute approximate surface area is 164 Å². The Hall–Kier alpha value is -3.59. The van der Waals surface area contributed by atoms with Crippen molar-refractivity contribution >= 4 is 22.4 Å². The molecule has 0 aromatic heterocycles. The van der Waals surface area contributed by atoms with E-state index in [-0.39, 0.29) is 5.91 Å². The molecule has 28 heavy (non-hydrogen) atoms. The van der Waals surface area contributed by atoms with E-state index >= 15 is 0 Å². The van der Waals surface area contributed by atoms with Gasteiger partial charge in [-0.05, 0) is 34.0 Å². The Balaban J connectivity index is 1.41. The van der Waals surface area contributed by atoms with Crippen LogP contribution in [0, 0.1) is 0 Å². The summed E-state index contributed by atoms with van der Waals surface area (Å²) < 4.78 is 5.84. The standard InChI is InChI=1S/C25H21NO2/c27-25(16-21-12-6-11-20-10-4-5-15-24(20)21)26-22-13-7-14-23(17-22)28-18-19-8-2-1-3-9-19/h1-15,17H,16,18H2,(H,26,27). The molecule has 4 aromatic rings. The number of hydrogen-bond donors (Lipinski definition) is 1. The van der Waals surface area contributed by atoms with Crippen molar-refractivity contribution in [2.45, 2.75) is 13.0 Å². The molecule has 0 aliphatic heterocycles. The first-order valence-electron chi connectivity index (χ1n) is 9.31. The average Bonchev–Trinajstić information content (AvgIpc) is 2.73. The number of hydrogen-bond acceptors (Lipinski definition) is 2. The Morgan fingerprint density at radius 1 is 0.786 bits per heavy atom. The third-order valence-corrected chi connectivity index (χ3v) is 4.60. The van der Waals surface area contributed by atoms with E-state index in [1.54, 1.807) is 0 Å². The highest BCUT2D eigenvalue weighted by Gasteiger charge is 2.08. The molecule has 0 bridgehead atoms. The van der Waals surface area contributed by atoms with Crippen LogP contribution in [-0.4, -0.2) is 5.91 Å². The summed E-state index contributed by atoms with van der Waals surface area (Å²) in [4.78, 5) is 12.6. The molecule has 0 saturated heterocycles. The SMILES string of the molecule is O=C(Cc1cccc2ccccc12)Nc1cccc(OCc2ccccc2)c1. The average molecular weight is 367 g/mol. The minimum absolute atomic E-state index is 0.0448. The molecule has 1 N–H and O–H groups in total. The molecule has 0 unspecified atom stereocenters. The first-order chi connectivity index (χ1) is 13.8. The van der Waals surface area contributed by atoms with E-state index < -0.39 is 0 Å². The quantitative estimate of drug-likeness (QED) is 0.482. The Morgan fingerprint density at radius 2 is 1.54 bits per heavy atom. The number of fused-ring (bicyclic) bond motifs is 1. The molecule has 3 nitrogen and oxygen atoms in total. The topological polar surface area (TPSA) is 38.3 Å². The third kappa shape index (κ3) is 4.38. The van der Waals surface area contributed by atoms with Gasteiger partial charge in [-0.3, -0.25) is 4.79 Å². The number of rotatable bonds is 6. The second-order valence-electron chi connectivity index (χ2n) is 6.67. The van der Waals surface area contributed by atoms with Crippen LogP contribution in [0.4, 0.5) is 5.69 Å². The molecule has 3 heteroatoms. The van der Waals surface area contributed by atoms with E-state index in [0.29, 0.717) is 13.0 Å². The zero-order chi connectivity index (χ0) is 19.2. The van der Waals surface area contributed by atoms with Gasteiger partial charge in [-0.25, -0.2) is 0 Å². The van der Waals surface area contributed by atoms with E-state index in [1.807, 2.05) is 78.9 Å². The second-order valence-corrected chi connectivity index (χ2v) is 6.67. The van der Waals surface area contributed by atoms with Crippen molar-refractivity contribution in [3.05, 3.63) is 108 Å². The molecule has 0 fully saturated rings. The molecule has 0 atom stereocenters. The molecule has 0 radical (unpaired) electrons. The van der Waals surface area contributed by atoms with Crippen molar-refractivity contribution < 1.29 is 9.53 Å². The summed E-state index contributed by atoms with van der Waals surface area (Å²) >= 11 is 0. The van der Waals surface area contributed by atoms with Gasteiger partial charge in [0.05, 0.1) is 6.42 Å². The van der Waals surface area contributed by atoms with Crippen LogP contribution in [0.1, 0.15) is 11.1 Å². The van der Waals surface area contributed by atoms with Gasteiger partial charge in [0.2, 0.25) is 5.91 Å². The molecule has 4 rings (SSSR count). The van der Waals surface area contributed by atoms with Crippen molar-refractivity contribution in [2.24, 2.45) is 0 Å². The lowest BCUT2D eigenvalue weighted by atomic mass is 10.0. The van der Waals surface area contributed by atoms with Crippen molar-refractivity contribution in [1.29, 1.82) is 0 Å². The third-order valence-electron chi connectivity index (χ3n) is 4.60. The maximum Gasteiger partial charge on any atom is 0.228 e. The van der Waals surface area contributed by atoms with E-state index in [1.165, 1.54) is 0 Å². The van der Waals surface area contributed by atoms with Crippen LogP contribution in [0.3, 0.4) is 0 Å². The fourth-order valence-electron chi connectivity index (χ4n) is 3.23. The molecule has 0 aliphatic rings. The van der Waals surface area contributed by atoms with Gasteiger partial charge in [-0.2, -0.15) is 0 Å². The Kier molecular flexibility index (Phi) is 5.34. The number of nitrogens with one attached hydrogen (secondary N) is 1. The first kappa shape index (κ1) is 17.8. The van der Waals surface area contributed by atoms with Gasteiger partial charge in [-0.15, -0.1) is 0 Å². The first-order valence-corrected chi connectivity index (χ1v) is 9.31. The molecule has 4 aromatic carbocycles. The van der Waals surface area contributed by atoms with E-state index in [4.69, 9.17) is 4.74 Å². The monoisotopic (exact) mass is 367 g/mol. The smallest absolute Gasteiger partial charge is 0.228 e. The van der Waals surface area contributed by atoms with E-state index in [9.17, 15) is 4.79 Å². The van der Waals surface area contributed by atoms with Crippen LogP contribution in [0.2, 0.25) is 0 Å². The maximum absolute atomic E-state index is 12.6. The van der Waals surface area contributed by atoms with Crippen molar-refractivity contribution in [3.8, 4) is 5.75 Å². The molecule has 0 aliphatic carbocycles. The van der Waals surface area contributed by atoms with Gasteiger partial charge < -0.3 is 10.1 Å². The van der Waals surface area contributed by atoms with Crippen LogP contribution < -0.4 is 10.1 Å². The maximum atomic E-state index is 12.6. The molecular weight excluding hydrogens is 346 g/mol. The van der Waals surface area contributed by atoms with Crippen LogP contribution in [0.5, 0.6) is 5.75 Å². The van der Waals surface area contributed by atoms with Gasteiger partial charge in [0.15, 0.2) is 0 Å². The lowest BCUT2D eigenvalue weighted by Gasteiger charge is -2.10.